The van der Waals surface area contributed by atoms with Crippen molar-refractivity contribution in [2.75, 3.05) is 35.7 Å². The number of hydrogen-bond acceptors (Lipinski definition) is 6. The summed E-state index contributed by atoms with van der Waals surface area (Å²) in [6.45, 7) is 3.49. The summed E-state index contributed by atoms with van der Waals surface area (Å²) >= 11 is 1.21. The van der Waals surface area contributed by atoms with Crippen LogP contribution in [0.25, 0.3) is 10.9 Å². The summed E-state index contributed by atoms with van der Waals surface area (Å²) < 4.78 is 7.01. The Morgan fingerprint density at radius 3 is 2.78 bits per heavy atom. The van der Waals surface area contributed by atoms with Crippen molar-refractivity contribution in [3.05, 3.63) is 58.9 Å². The highest BCUT2D eigenvalue weighted by atomic mass is 32.2. The van der Waals surface area contributed by atoms with Crippen LogP contribution >= 0.6 is 11.8 Å². The molecule has 0 saturated heterocycles. The van der Waals surface area contributed by atoms with Gasteiger partial charge in [-0.1, -0.05) is 36.0 Å². The van der Waals surface area contributed by atoms with E-state index >= 15 is 0 Å². The molecule has 2 heterocycles. The SMILES string of the molecule is CCOCCCn1c(SCC(=O)N2CC(=O)Nc3ccccc32)nc2ccccc2c1=O. The van der Waals surface area contributed by atoms with Crippen LogP contribution in [0, 0.1) is 0 Å². The Kier molecular flexibility index (Phi) is 6.87. The second-order valence-corrected chi connectivity index (χ2v) is 8.20. The molecule has 166 valence electrons. The molecule has 1 aromatic heterocycles. The summed E-state index contributed by atoms with van der Waals surface area (Å²) in [6, 6.07) is 14.4. The molecule has 0 aliphatic carbocycles. The third-order valence-corrected chi connectivity index (χ3v) is 6.06. The molecular formula is C23H24N4O4S. The van der Waals surface area contributed by atoms with Gasteiger partial charge in [0.05, 0.1) is 28.0 Å². The number of nitrogens with zero attached hydrogens (tertiary/aromatic N) is 3. The fraction of sp³-hybridized carbons (Fsp3) is 0.304. The molecule has 9 heteroatoms. The van der Waals surface area contributed by atoms with Gasteiger partial charge in [-0.3, -0.25) is 19.0 Å². The second-order valence-electron chi connectivity index (χ2n) is 7.25. The number of amides is 2. The second kappa shape index (κ2) is 9.97. The Hall–Kier alpha value is -3.17. The lowest BCUT2D eigenvalue weighted by molar-refractivity contribution is -0.120. The standard InChI is InChI=1S/C23H24N4O4S/c1-2-31-13-7-12-26-22(30)16-8-3-4-9-17(16)25-23(26)32-15-21(29)27-14-20(28)24-18-10-5-6-11-19(18)27/h3-6,8-11H,2,7,12-15H2,1H3,(H,24,28). The van der Waals surface area contributed by atoms with E-state index < -0.39 is 0 Å². The maximum atomic E-state index is 13.1. The normalized spacial score (nSPS) is 13.2. The summed E-state index contributed by atoms with van der Waals surface area (Å²) in [4.78, 5) is 44.3. The number of para-hydroxylation sites is 3. The zero-order valence-corrected chi connectivity index (χ0v) is 18.6. The molecule has 1 aliphatic rings. The van der Waals surface area contributed by atoms with E-state index in [4.69, 9.17) is 4.74 Å². The summed E-state index contributed by atoms with van der Waals surface area (Å²) in [6.07, 6.45) is 0.662. The van der Waals surface area contributed by atoms with Gasteiger partial charge in [0.2, 0.25) is 11.8 Å². The maximum Gasteiger partial charge on any atom is 0.262 e. The number of benzene rings is 2. The van der Waals surface area contributed by atoms with Gasteiger partial charge in [0.15, 0.2) is 5.16 Å². The number of aromatic nitrogens is 2. The molecule has 0 fully saturated rings. The van der Waals surface area contributed by atoms with Gasteiger partial charge in [0, 0.05) is 19.8 Å². The average molecular weight is 453 g/mol. The van der Waals surface area contributed by atoms with Crippen LogP contribution < -0.4 is 15.8 Å². The van der Waals surface area contributed by atoms with Gasteiger partial charge in [-0.05, 0) is 37.6 Å². The molecular weight excluding hydrogens is 428 g/mol. The summed E-state index contributed by atoms with van der Waals surface area (Å²) in [7, 11) is 0. The molecule has 3 aromatic rings. The first-order valence-electron chi connectivity index (χ1n) is 10.5. The van der Waals surface area contributed by atoms with Crippen LogP contribution in [0.4, 0.5) is 11.4 Å². The number of rotatable bonds is 8. The Balaban J connectivity index is 1.58. The molecule has 0 saturated carbocycles. The van der Waals surface area contributed by atoms with Crippen LogP contribution in [0.3, 0.4) is 0 Å². The van der Waals surface area contributed by atoms with Crippen molar-refractivity contribution in [1.29, 1.82) is 0 Å². The Morgan fingerprint density at radius 1 is 1.16 bits per heavy atom. The quantitative estimate of drug-likeness (QED) is 0.321. The lowest BCUT2D eigenvalue weighted by atomic mass is 10.2. The van der Waals surface area contributed by atoms with Crippen molar-refractivity contribution in [3.63, 3.8) is 0 Å². The smallest absolute Gasteiger partial charge is 0.262 e. The predicted octanol–water partition coefficient (Wildman–Crippen LogP) is 2.90. The highest BCUT2D eigenvalue weighted by molar-refractivity contribution is 7.99. The van der Waals surface area contributed by atoms with Crippen LogP contribution in [0.1, 0.15) is 13.3 Å². The minimum absolute atomic E-state index is 0.0390. The molecule has 0 spiro atoms. The molecule has 4 rings (SSSR count). The molecule has 8 nitrogen and oxygen atoms in total. The monoisotopic (exact) mass is 452 g/mol. The number of nitrogens with one attached hydrogen (secondary N) is 1. The highest BCUT2D eigenvalue weighted by Gasteiger charge is 2.27. The van der Waals surface area contributed by atoms with E-state index in [1.807, 2.05) is 31.2 Å². The van der Waals surface area contributed by atoms with Crippen molar-refractivity contribution in [3.8, 4) is 0 Å². The van der Waals surface area contributed by atoms with Crippen LogP contribution in [0.15, 0.2) is 58.5 Å². The van der Waals surface area contributed by atoms with Crippen LogP contribution in [-0.2, 0) is 20.9 Å². The zero-order chi connectivity index (χ0) is 22.5. The molecule has 32 heavy (non-hydrogen) atoms. The number of hydrogen-bond donors (Lipinski definition) is 1. The van der Waals surface area contributed by atoms with Gasteiger partial charge in [0.25, 0.3) is 5.56 Å². The molecule has 1 aliphatic heterocycles. The van der Waals surface area contributed by atoms with Gasteiger partial charge in [0.1, 0.15) is 6.54 Å². The number of anilines is 2. The zero-order valence-electron chi connectivity index (χ0n) is 17.7. The molecule has 2 amide bonds. The van der Waals surface area contributed by atoms with Crippen molar-refractivity contribution in [2.45, 2.75) is 25.0 Å². The van der Waals surface area contributed by atoms with Crippen molar-refractivity contribution < 1.29 is 14.3 Å². The van der Waals surface area contributed by atoms with E-state index in [1.165, 1.54) is 16.7 Å². The number of carbonyl (C=O) groups is 2. The minimum Gasteiger partial charge on any atom is -0.382 e. The fourth-order valence-corrected chi connectivity index (χ4v) is 4.49. The summed E-state index contributed by atoms with van der Waals surface area (Å²) in [5.74, 6) is -0.406. The van der Waals surface area contributed by atoms with E-state index in [2.05, 4.69) is 10.3 Å². The van der Waals surface area contributed by atoms with E-state index in [0.717, 1.165) is 0 Å². The number of thioether (sulfide) groups is 1. The van der Waals surface area contributed by atoms with Gasteiger partial charge >= 0.3 is 0 Å². The summed E-state index contributed by atoms with van der Waals surface area (Å²) in [5.41, 5.74) is 1.73. The van der Waals surface area contributed by atoms with Crippen LogP contribution in [0.5, 0.6) is 0 Å². The van der Waals surface area contributed by atoms with E-state index in [-0.39, 0.29) is 29.7 Å². The fourth-order valence-electron chi connectivity index (χ4n) is 3.58. The number of carbonyl (C=O) groups excluding carboxylic acids is 2. The van der Waals surface area contributed by atoms with Crippen LogP contribution in [0.2, 0.25) is 0 Å². The molecule has 1 N–H and O–H groups in total. The first-order chi connectivity index (χ1) is 15.6. The van der Waals surface area contributed by atoms with Gasteiger partial charge in [-0.2, -0.15) is 0 Å². The average Bonchev–Trinajstić information content (AvgIpc) is 2.81. The van der Waals surface area contributed by atoms with Gasteiger partial charge < -0.3 is 15.0 Å². The van der Waals surface area contributed by atoms with Crippen molar-refractivity contribution >= 4 is 45.9 Å². The lowest BCUT2D eigenvalue weighted by Gasteiger charge is -2.29. The Morgan fingerprint density at radius 2 is 1.94 bits per heavy atom. The Labute approximate surface area is 189 Å². The Bertz CT molecular complexity index is 1210. The van der Waals surface area contributed by atoms with Crippen LogP contribution in [-0.4, -0.2) is 46.9 Å². The van der Waals surface area contributed by atoms with Gasteiger partial charge in [-0.25, -0.2) is 4.98 Å². The van der Waals surface area contributed by atoms with Crippen molar-refractivity contribution in [1.82, 2.24) is 9.55 Å². The summed E-state index contributed by atoms with van der Waals surface area (Å²) in [5, 5.41) is 3.80. The lowest BCUT2D eigenvalue weighted by Crippen LogP contribution is -2.43. The minimum atomic E-state index is -0.237. The highest BCUT2D eigenvalue weighted by Crippen LogP contribution is 2.30. The third kappa shape index (κ3) is 4.68. The predicted molar refractivity (Wildman–Crippen MR) is 125 cm³/mol. The first kappa shape index (κ1) is 22.0. The molecule has 0 radical (unpaired) electrons. The molecule has 0 bridgehead atoms. The number of fused-ring (bicyclic) bond motifs is 2. The van der Waals surface area contributed by atoms with E-state index in [9.17, 15) is 14.4 Å². The molecule has 0 atom stereocenters. The van der Waals surface area contributed by atoms with Crippen molar-refractivity contribution in [2.24, 2.45) is 0 Å². The first-order valence-corrected chi connectivity index (χ1v) is 11.5. The molecule has 2 aromatic carbocycles. The van der Waals surface area contributed by atoms with E-state index in [1.54, 1.807) is 28.8 Å². The number of ether oxygens (including phenoxy) is 1. The topological polar surface area (TPSA) is 93.5 Å². The van der Waals surface area contributed by atoms with Gasteiger partial charge in [-0.15, -0.1) is 0 Å². The molecule has 0 unspecified atom stereocenters. The van der Waals surface area contributed by atoms with E-state index in [0.29, 0.717) is 53.6 Å². The third-order valence-electron chi connectivity index (χ3n) is 5.10. The maximum absolute atomic E-state index is 13.1. The largest absolute Gasteiger partial charge is 0.382 e.